The Morgan fingerprint density at radius 1 is 1.42 bits per heavy atom. The summed E-state index contributed by atoms with van der Waals surface area (Å²) in [6.45, 7) is 4.44. The molecule has 0 amide bonds. The fraction of sp³-hybridized carbons (Fsp3) is 0.533. The van der Waals surface area contributed by atoms with Gasteiger partial charge in [-0.15, -0.1) is 0 Å². The fourth-order valence-corrected chi connectivity index (χ4v) is 2.26. The summed E-state index contributed by atoms with van der Waals surface area (Å²) in [5.41, 5.74) is 1.99. The van der Waals surface area contributed by atoms with Gasteiger partial charge < -0.3 is 9.84 Å². The number of hydrogen-bond acceptors (Lipinski definition) is 4. The zero-order chi connectivity index (χ0) is 13.7. The van der Waals surface area contributed by atoms with Gasteiger partial charge in [0.1, 0.15) is 0 Å². The maximum Gasteiger partial charge on any atom is 0.176 e. The molecule has 0 saturated carbocycles. The summed E-state index contributed by atoms with van der Waals surface area (Å²) >= 11 is 0. The van der Waals surface area contributed by atoms with E-state index >= 15 is 0 Å². The van der Waals surface area contributed by atoms with Crippen molar-refractivity contribution in [3.05, 3.63) is 35.4 Å². The zero-order valence-corrected chi connectivity index (χ0v) is 11.3. The number of carbonyl (C=O) groups excluding carboxylic acids is 1. The van der Waals surface area contributed by atoms with Crippen LogP contribution in [0.15, 0.2) is 24.3 Å². The quantitative estimate of drug-likeness (QED) is 0.809. The molecule has 1 heterocycles. The van der Waals surface area contributed by atoms with E-state index in [1.54, 1.807) is 0 Å². The second-order valence-corrected chi connectivity index (χ2v) is 4.88. The molecule has 1 atom stereocenters. The zero-order valence-electron chi connectivity index (χ0n) is 11.3. The Bertz CT molecular complexity index is 416. The Labute approximate surface area is 114 Å². The van der Waals surface area contributed by atoms with Crippen LogP contribution in [0.1, 0.15) is 22.8 Å². The lowest BCUT2D eigenvalue weighted by Crippen LogP contribution is -2.45. The molecule has 1 aromatic carbocycles. The maximum atomic E-state index is 12.2. The molecule has 1 unspecified atom stereocenters. The molecule has 1 aliphatic heterocycles. The van der Waals surface area contributed by atoms with Crippen LogP contribution in [0.5, 0.6) is 0 Å². The summed E-state index contributed by atoms with van der Waals surface area (Å²) in [4.78, 5) is 14.2. The van der Waals surface area contributed by atoms with E-state index in [1.807, 2.05) is 29.2 Å². The van der Waals surface area contributed by atoms with Gasteiger partial charge >= 0.3 is 0 Å². The van der Waals surface area contributed by atoms with Gasteiger partial charge in [-0.1, -0.05) is 31.2 Å². The summed E-state index contributed by atoms with van der Waals surface area (Å²) in [5.74, 6) is 0.126. The first-order chi connectivity index (χ1) is 9.22. The molecule has 4 nitrogen and oxygen atoms in total. The van der Waals surface area contributed by atoms with Crippen molar-refractivity contribution in [3.63, 3.8) is 0 Å². The number of carbonyl (C=O) groups is 1. The lowest BCUT2D eigenvalue weighted by atomic mass is 10.1. The summed E-state index contributed by atoms with van der Waals surface area (Å²) in [6.07, 6.45) is 0.819. The second kappa shape index (κ2) is 6.80. The molecule has 104 valence electrons. The van der Waals surface area contributed by atoms with Crippen molar-refractivity contribution >= 4 is 5.78 Å². The predicted octanol–water partition coefficient (Wildman–Crippen LogP) is 1.12. The number of rotatable bonds is 5. The molecule has 4 heteroatoms. The first-order valence-corrected chi connectivity index (χ1v) is 6.80. The van der Waals surface area contributed by atoms with Gasteiger partial charge in [-0.3, -0.25) is 9.69 Å². The Balaban J connectivity index is 1.92. The standard InChI is InChI=1S/C15H21NO3/c1-2-12-3-5-13(6-4-12)15(18)10-16-7-8-19-14(9-16)11-17/h3-6,14,17H,2,7-11H2,1H3. The third kappa shape index (κ3) is 3.86. The van der Waals surface area contributed by atoms with Crippen LogP contribution in [0.2, 0.25) is 0 Å². The number of aliphatic hydroxyl groups excluding tert-OH is 1. The number of morpholine rings is 1. The number of nitrogens with zero attached hydrogens (tertiary/aromatic N) is 1. The molecule has 1 aliphatic rings. The molecule has 0 radical (unpaired) electrons. The number of aryl methyl sites for hydroxylation is 1. The Kier molecular flexibility index (Phi) is 5.07. The van der Waals surface area contributed by atoms with E-state index in [0.29, 0.717) is 19.7 Å². The Hall–Kier alpha value is -1.23. The van der Waals surface area contributed by atoms with E-state index in [9.17, 15) is 4.79 Å². The van der Waals surface area contributed by atoms with Crippen molar-refractivity contribution < 1.29 is 14.6 Å². The van der Waals surface area contributed by atoms with Gasteiger partial charge in [0.15, 0.2) is 5.78 Å². The highest BCUT2D eigenvalue weighted by molar-refractivity contribution is 5.97. The normalized spacial score (nSPS) is 20.4. The van der Waals surface area contributed by atoms with E-state index in [1.165, 1.54) is 5.56 Å². The number of aliphatic hydroxyl groups is 1. The number of ether oxygens (including phenoxy) is 1. The van der Waals surface area contributed by atoms with Crippen LogP contribution in [0, 0.1) is 0 Å². The smallest absolute Gasteiger partial charge is 0.176 e. The van der Waals surface area contributed by atoms with Crippen molar-refractivity contribution in [2.75, 3.05) is 32.8 Å². The SMILES string of the molecule is CCc1ccc(C(=O)CN2CCOC(CO)C2)cc1. The molecular weight excluding hydrogens is 242 g/mol. The van der Waals surface area contributed by atoms with Crippen LogP contribution in [0.4, 0.5) is 0 Å². The van der Waals surface area contributed by atoms with Crippen molar-refractivity contribution in [2.45, 2.75) is 19.4 Å². The van der Waals surface area contributed by atoms with Gasteiger partial charge in [-0.05, 0) is 12.0 Å². The summed E-state index contributed by atoms with van der Waals surface area (Å²) in [7, 11) is 0. The average molecular weight is 263 g/mol. The van der Waals surface area contributed by atoms with Crippen molar-refractivity contribution in [2.24, 2.45) is 0 Å². The van der Waals surface area contributed by atoms with Crippen molar-refractivity contribution in [1.82, 2.24) is 4.90 Å². The van der Waals surface area contributed by atoms with Gasteiger partial charge in [0, 0.05) is 18.7 Å². The summed E-state index contributed by atoms with van der Waals surface area (Å²) < 4.78 is 5.37. The maximum absolute atomic E-state index is 12.2. The minimum absolute atomic E-state index is 0.00981. The highest BCUT2D eigenvalue weighted by atomic mass is 16.5. The lowest BCUT2D eigenvalue weighted by Gasteiger charge is -2.31. The molecule has 1 fully saturated rings. The Morgan fingerprint density at radius 2 is 2.16 bits per heavy atom. The number of Topliss-reactive ketones (excluding diaryl/α,β-unsaturated/α-hetero) is 1. The van der Waals surface area contributed by atoms with Crippen LogP contribution < -0.4 is 0 Å². The lowest BCUT2D eigenvalue weighted by molar-refractivity contribution is -0.0503. The minimum Gasteiger partial charge on any atom is -0.394 e. The van der Waals surface area contributed by atoms with E-state index in [-0.39, 0.29) is 18.5 Å². The van der Waals surface area contributed by atoms with E-state index in [0.717, 1.165) is 18.5 Å². The second-order valence-electron chi connectivity index (χ2n) is 4.88. The van der Waals surface area contributed by atoms with Crippen LogP contribution in [-0.4, -0.2) is 54.7 Å². The molecule has 0 spiro atoms. The van der Waals surface area contributed by atoms with Gasteiger partial charge in [0.25, 0.3) is 0 Å². The molecule has 0 aliphatic carbocycles. The molecule has 1 N–H and O–H groups in total. The molecular formula is C15H21NO3. The highest BCUT2D eigenvalue weighted by Gasteiger charge is 2.21. The van der Waals surface area contributed by atoms with Crippen LogP contribution in [-0.2, 0) is 11.2 Å². The van der Waals surface area contributed by atoms with Gasteiger partial charge in [-0.25, -0.2) is 0 Å². The number of benzene rings is 1. The van der Waals surface area contributed by atoms with Gasteiger partial charge in [0.2, 0.25) is 0 Å². The van der Waals surface area contributed by atoms with Crippen LogP contribution in [0.3, 0.4) is 0 Å². The van der Waals surface area contributed by atoms with Gasteiger partial charge in [-0.2, -0.15) is 0 Å². The van der Waals surface area contributed by atoms with Crippen LogP contribution >= 0.6 is 0 Å². The third-order valence-corrected chi connectivity index (χ3v) is 3.48. The molecule has 0 aromatic heterocycles. The Morgan fingerprint density at radius 3 is 2.79 bits per heavy atom. The third-order valence-electron chi connectivity index (χ3n) is 3.48. The van der Waals surface area contributed by atoms with E-state index in [4.69, 9.17) is 9.84 Å². The summed E-state index contributed by atoms with van der Waals surface area (Å²) in [5, 5.41) is 9.08. The van der Waals surface area contributed by atoms with Crippen molar-refractivity contribution in [1.29, 1.82) is 0 Å². The summed E-state index contributed by atoms with van der Waals surface area (Å²) in [6, 6.07) is 7.79. The molecule has 1 saturated heterocycles. The first-order valence-electron chi connectivity index (χ1n) is 6.80. The van der Waals surface area contributed by atoms with Crippen molar-refractivity contribution in [3.8, 4) is 0 Å². The van der Waals surface area contributed by atoms with Gasteiger partial charge in [0.05, 0.1) is 25.9 Å². The number of ketones is 1. The van der Waals surface area contributed by atoms with Crippen LogP contribution in [0.25, 0.3) is 0 Å². The fourth-order valence-electron chi connectivity index (χ4n) is 2.26. The molecule has 2 rings (SSSR count). The predicted molar refractivity (Wildman–Crippen MR) is 73.4 cm³/mol. The number of hydrogen-bond donors (Lipinski definition) is 1. The molecule has 0 bridgehead atoms. The minimum atomic E-state index is -0.163. The molecule has 1 aromatic rings. The van der Waals surface area contributed by atoms with E-state index in [2.05, 4.69) is 6.92 Å². The monoisotopic (exact) mass is 263 g/mol. The molecule has 19 heavy (non-hydrogen) atoms. The largest absolute Gasteiger partial charge is 0.394 e. The first kappa shape index (κ1) is 14.2. The topological polar surface area (TPSA) is 49.8 Å². The van der Waals surface area contributed by atoms with E-state index < -0.39 is 0 Å². The highest BCUT2D eigenvalue weighted by Crippen LogP contribution is 2.09. The average Bonchev–Trinajstić information content (AvgIpc) is 2.47.